The topological polar surface area (TPSA) is 301 Å². The number of nitrogens with two attached hydrogens (primary N) is 3. The lowest BCUT2D eigenvalue weighted by molar-refractivity contribution is -0.384. The van der Waals surface area contributed by atoms with Crippen molar-refractivity contribution in [3.8, 4) is 11.5 Å². The Bertz CT molecular complexity index is 2720. The van der Waals surface area contributed by atoms with E-state index in [1.54, 1.807) is 86.5 Å². The van der Waals surface area contributed by atoms with Crippen LogP contribution >= 0.6 is 0 Å². The number of methoxy groups -OCH3 is 1. The number of hydrogen-bond acceptors (Lipinski definition) is 14. The standard InChI is InChI=1S/C43H50N12O9/c1-7-47-31(18-25(2)44)40(58)52-41-51-30-20-26(38(45)56)23-35(62-6)37(30)53(41)15-9-8-14-48-36-33(55(60)61)21-27(39(46)57)22-34(36)63-17-11-10-16-54-32-13-12-29(19-28(32)24-49-54)50-42(59)64-43(3,4)5/h8-13,18-24,48H,7,14-17,44H2,1-6H3,(H2,45,56)(H2,46,57)(H,50,59)(H,51,52,58)/b9-8+,11-10+,25-18-,47-31?. The first-order valence-corrected chi connectivity index (χ1v) is 19.8. The Morgan fingerprint density at radius 1 is 0.938 bits per heavy atom. The van der Waals surface area contributed by atoms with Crippen LogP contribution < -0.4 is 42.6 Å². The number of ether oxygens (including phenoxy) is 3. The van der Waals surface area contributed by atoms with Crippen LogP contribution in [0.5, 0.6) is 11.5 Å². The molecular weight excluding hydrogens is 829 g/mol. The fourth-order valence-corrected chi connectivity index (χ4v) is 6.25. The molecule has 3 aromatic carbocycles. The zero-order valence-electron chi connectivity index (χ0n) is 36.1. The SMILES string of the molecule is CCN=C(/C=C(/C)N)C(=O)Nc1nc2cc(C(N)=O)cc(OC)c2n1C/C=C/CNc1c(OC/C=C/Cn2ncc3cc(NC(=O)OC(C)(C)C)ccc32)cc(C(N)=O)cc1[N+](=O)[O-]. The van der Waals surface area contributed by atoms with E-state index in [2.05, 4.69) is 31.0 Å². The van der Waals surface area contributed by atoms with Crippen LogP contribution in [-0.2, 0) is 22.6 Å². The third-order valence-corrected chi connectivity index (χ3v) is 8.94. The van der Waals surface area contributed by atoms with Gasteiger partial charge in [0.2, 0.25) is 17.8 Å². The van der Waals surface area contributed by atoms with E-state index in [9.17, 15) is 29.3 Å². The van der Waals surface area contributed by atoms with Crippen LogP contribution in [0.2, 0.25) is 0 Å². The van der Waals surface area contributed by atoms with E-state index >= 15 is 0 Å². The molecule has 4 amide bonds. The first-order valence-electron chi connectivity index (χ1n) is 19.8. The Kier molecular flexibility index (Phi) is 15.0. The number of carbonyl (C=O) groups excluding carboxylic acids is 4. The van der Waals surface area contributed by atoms with Crippen LogP contribution in [0.15, 0.2) is 89.7 Å². The molecule has 0 saturated carbocycles. The number of primary amides is 2. The maximum absolute atomic E-state index is 13.3. The van der Waals surface area contributed by atoms with Crippen LogP contribution in [0, 0.1) is 10.1 Å². The summed E-state index contributed by atoms with van der Waals surface area (Å²) in [5, 5.41) is 25.9. The van der Waals surface area contributed by atoms with Crippen LogP contribution in [0.3, 0.4) is 0 Å². The average molecular weight is 879 g/mol. The zero-order chi connectivity index (χ0) is 46.7. The number of nitro groups is 1. The molecule has 0 saturated heterocycles. The number of allylic oxidation sites excluding steroid dienone is 3. The molecule has 2 heterocycles. The number of carbonyl (C=O) groups is 4. The lowest BCUT2D eigenvalue weighted by atomic mass is 10.1. The van der Waals surface area contributed by atoms with Gasteiger partial charge in [-0.25, -0.2) is 9.78 Å². The number of amides is 4. The van der Waals surface area contributed by atoms with E-state index in [1.165, 1.54) is 31.4 Å². The number of nitrogens with one attached hydrogen (secondary N) is 3. The summed E-state index contributed by atoms with van der Waals surface area (Å²) in [5.41, 5.74) is 18.3. The summed E-state index contributed by atoms with van der Waals surface area (Å²) in [7, 11) is 1.41. The van der Waals surface area contributed by atoms with Gasteiger partial charge in [0.05, 0.1) is 35.8 Å². The van der Waals surface area contributed by atoms with Gasteiger partial charge in [-0.2, -0.15) is 5.10 Å². The smallest absolute Gasteiger partial charge is 0.412 e. The monoisotopic (exact) mass is 878 g/mol. The van der Waals surface area contributed by atoms with E-state index in [0.717, 1.165) is 17.0 Å². The first-order chi connectivity index (χ1) is 30.4. The predicted molar refractivity (Wildman–Crippen MR) is 243 cm³/mol. The Balaban J connectivity index is 1.33. The molecular formula is C43H50N12O9. The van der Waals surface area contributed by atoms with Gasteiger partial charge >= 0.3 is 6.09 Å². The highest BCUT2D eigenvalue weighted by atomic mass is 16.6. The van der Waals surface area contributed by atoms with E-state index in [4.69, 9.17) is 31.4 Å². The minimum atomic E-state index is -0.888. The number of aromatic nitrogens is 4. The van der Waals surface area contributed by atoms with Gasteiger partial charge < -0.3 is 41.3 Å². The zero-order valence-corrected chi connectivity index (χ0v) is 36.1. The van der Waals surface area contributed by atoms with Crippen molar-refractivity contribution in [3.63, 3.8) is 0 Å². The van der Waals surface area contributed by atoms with Gasteiger partial charge in [0.1, 0.15) is 29.2 Å². The minimum absolute atomic E-state index is 0.00233. The molecule has 0 unspecified atom stereocenters. The van der Waals surface area contributed by atoms with Crippen molar-refractivity contribution < 1.29 is 38.3 Å². The molecule has 21 heteroatoms. The summed E-state index contributed by atoms with van der Waals surface area (Å²) in [6.45, 7) is 9.46. The maximum atomic E-state index is 13.3. The number of anilines is 3. The van der Waals surface area contributed by atoms with Gasteiger partial charge in [-0.1, -0.05) is 18.2 Å². The largest absolute Gasteiger partial charge is 0.494 e. The molecule has 0 aliphatic heterocycles. The predicted octanol–water partition coefficient (Wildman–Crippen LogP) is 5.41. The fourth-order valence-electron chi connectivity index (χ4n) is 6.25. The van der Waals surface area contributed by atoms with Gasteiger partial charge in [0, 0.05) is 53.6 Å². The molecule has 0 fully saturated rings. The molecule has 0 bridgehead atoms. The van der Waals surface area contributed by atoms with E-state index in [1.807, 2.05) is 6.07 Å². The van der Waals surface area contributed by atoms with Crippen LogP contribution in [-0.4, -0.2) is 86.2 Å². The van der Waals surface area contributed by atoms with Gasteiger partial charge in [-0.05, 0) is 83.2 Å². The molecule has 0 aliphatic carbocycles. The molecule has 0 spiro atoms. The van der Waals surface area contributed by atoms with E-state index in [-0.39, 0.29) is 59.7 Å². The highest BCUT2D eigenvalue weighted by Gasteiger charge is 2.24. The lowest BCUT2D eigenvalue weighted by Gasteiger charge is -2.19. The van der Waals surface area contributed by atoms with Gasteiger partial charge in [-0.3, -0.25) is 44.8 Å². The van der Waals surface area contributed by atoms with Crippen molar-refractivity contribution in [2.45, 2.75) is 53.3 Å². The number of nitro benzene ring substituents is 1. The van der Waals surface area contributed by atoms with Crippen molar-refractivity contribution in [1.29, 1.82) is 0 Å². The van der Waals surface area contributed by atoms with E-state index in [0.29, 0.717) is 35.5 Å². The molecule has 0 aliphatic rings. The summed E-state index contributed by atoms with van der Waals surface area (Å²) in [5.74, 6) is -1.83. The number of fused-ring (bicyclic) bond motifs is 2. The van der Waals surface area contributed by atoms with Crippen molar-refractivity contribution in [1.82, 2.24) is 19.3 Å². The first kappa shape index (κ1) is 46.8. The maximum Gasteiger partial charge on any atom is 0.412 e. The molecule has 0 radical (unpaired) electrons. The second kappa shape index (κ2) is 20.6. The second-order valence-corrected chi connectivity index (χ2v) is 15.0. The summed E-state index contributed by atoms with van der Waals surface area (Å²) < 4.78 is 20.2. The molecule has 64 heavy (non-hydrogen) atoms. The van der Waals surface area contributed by atoms with Crippen molar-refractivity contribution in [3.05, 3.63) is 106 Å². The number of hydrogen-bond donors (Lipinski definition) is 6. The quantitative estimate of drug-likeness (QED) is 0.0262. The number of nitrogens with zero attached hydrogens (tertiary/aromatic N) is 6. The fraction of sp³-hybridized carbons (Fsp3) is 0.279. The Morgan fingerprint density at radius 2 is 1.64 bits per heavy atom. The molecule has 5 aromatic rings. The Morgan fingerprint density at radius 3 is 2.30 bits per heavy atom. The third kappa shape index (κ3) is 12.0. The Labute approximate surface area is 367 Å². The van der Waals surface area contributed by atoms with Gasteiger partial charge in [0.25, 0.3) is 11.6 Å². The van der Waals surface area contributed by atoms with Crippen molar-refractivity contribution in [2.24, 2.45) is 22.2 Å². The minimum Gasteiger partial charge on any atom is -0.494 e. The third-order valence-electron chi connectivity index (χ3n) is 8.94. The molecule has 336 valence electrons. The molecule has 9 N–H and O–H groups in total. The van der Waals surface area contributed by atoms with Gasteiger partial charge in [-0.15, -0.1) is 0 Å². The van der Waals surface area contributed by atoms with Crippen molar-refractivity contribution in [2.75, 3.05) is 42.8 Å². The molecule has 5 rings (SSSR count). The highest BCUT2D eigenvalue weighted by molar-refractivity contribution is 6.47. The van der Waals surface area contributed by atoms with Gasteiger partial charge in [0.15, 0.2) is 11.4 Å². The normalized spacial score (nSPS) is 12.2. The average Bonchev–Trinajstić information content (AvgIpc) is 3.78. The molecule has 21 nitrogen and oxygen atoms in total. The number of aliphatic imine (C=N–C) groups is 1. The number of imidazole rings is 1. The van der Waals surface area contributed by atoms with Crippen LogP contribution in [0.1, 0.15) is 55.3 Å². The summed E-state index contributed by atoms with van der Waals surface area (Å²) in [6.07, 6.45) is 9.38. The van der Waals surface area contributed by atoms with Crippen LogP contribution in [0.25, 0.3) is 21.9 Å². The summed E-state index contributed by atoms with van der Waals surface area (Å²) in [6, 6.07) is 10.6. The second-order valence-electron chi connectivity index (χ2n) is 15.0. The van der Waals surface area contributed by atoms with E-state index < -0.39 is 40.0 Å². The number of rotatable bonds is 19. The molecule has 2 aromatic heterocycles. The lowest BCUT2D eigenvalue weighted by Crippen LogP contribution is -2.27. The summed E-state index contributed by atoms with van der Waals surface area (Å²) >= 11 is 0. The number of benzene rings is 3. The highest BCUT2D eigenvalue weighted by Crippen LogP contribution is 2.36. The van der Waals surface area contributed by atoms with Crippen molar-refractivity contribution >= 4 is 74.5 Å². The molecule has 0 atom stereocenters. The Hall–Kier alpha value is -8.23. The van der Waals surface area contributed by atoms with Crippen LogP contribution in [0.4, 0.5) is 27.8 Å². The summed E-state index contributed by atoms with van der Waals surface area (Å²) in [4.78, 5) is 70.2.